The molecule has 1 saturated carbocycles. The molecule has 0 radical (unpaired) electrons. The number of hydrogen-bond donors (Lipinski definition) is 9. The molecule has 0 spiro atoms. The van der Waals surface area contributed by atoms with Crippen LogP contribution in [0.4, 0.5) is 23.3 Å². The number of methoxy groups -OCH3 is 4. The molecular formula is C81H103N25O12. The molecule has 0 unspecified atom stereocenters. The first-order valence-electron chi connectivity index (χ1n) is 39.2. The Morgan fingerprint density at radius 2 is 0.669 bits per heavy atom. The van der Waals surface area contributed by atoms with Gasteiger partial charge in [-0.2, -0.15) is 39.9 Å². The molecule has 0 atom stereocenters. The third kappa shape index (κ3) is 22.4. The molecule has 1 aliphatic carbocycles. The summed E-state index contributed by atoms with van der Waals surface area (Å²) in [4.78, 5) is 102. The Morgan fingerprint density at radius 3 is 0.992 bits per heavy atom. The Morgan fingerprint density at radius 1 is 0.373 bits per heavy atom. The summed E-state index contributed by atoms with van der Waals surface area (Å²) in [5.74, 6) is 1.54. The molecule has 0 bridgehead atoms. The summed E-state index contributed by atoms with van der Waals surface area (Å²) in [5, 5.41) is 3.49. The Balaban J connectivity index is 0.000000136. The number of ether oxygens (including phenoxy) is 8. The van der Waals surface area contributed by atoms with Crippen molar-refractivity contribution in [1.29, 1.82) is 0 Å². The average Bonchev–Trinajstić information content (AvgIpc) is 1.65. The SMILES string of the molecule is COCCOc1nc(N)c2[nH]c(=O)n(Cc3cccc(CN4CCCC4)c3)c2n1.COCCOc1nc(N)c2[nH]c(=O)n(Cc3cccc(CN4CCN(C)CC4)c3)c2n1.COCCOc1nc(N)c2[nH]c(=O)n(Cc3cccc(CNCC4CC4)c3)c2n1.COCCOc1nc(N)c2[nH]c(=O)n(Cc3cccc(Cn4cccc4)c3)c2n1. The number of likely N-dealkylation sites (tertiary alicyclic amines) is 1. The van der Waals surface area contributed by atoms with Gasteiger partial charge in [-0.05, 0) is 115 Å². The molecule has 624 valence electrons. The molecule has 11 heterocycles. The highest BCUT2D eigenvalue weighted by Crippen LogP contribution is 2.29. The van der Waals surface area contributed by atoms with Crippen LogP contribution in [0.25, 0.3) is 44.7 Å². The van der Waals surface area contributed by atoms with Gasteiger partial charge in [0, 0.05) is 93.2 Å². The number of nitrogen functional groups attached to an aromatic ring is 4. The number of nitrogens with two attached hydrogens (primary N) is 4. The van der Waals surface area contributed by atoms with Gasteiger partial charge >= 0.3 is 46.8 Å². The second kappa shape index (κ2) is 40.5. The fraction of sp³-hybridized carbons (Fsp3) is 0.407. The van der Waals surface area contributed by atoms with Gasteiger partial charge in [-0.3, -0.25) is 28.1 Å². The fourth-order valence-electron chi connectivity index (χ4n) is 13.8. The van der Waals surface area contributed by atoms with Crippen LogP contribution in [0.2, 0.25) is 0 Å². The van der Waals surface area contributed by atoms with E-state index in [4.69, 9.17) is 60.8 Å². The average molecular weight is 1620 g/mol. The van der Waals surface area contributed by atoms with Crippen LogP contribution >= 0.6 is 0 Å². The van der Waals surface area contributed by atoms with Crippen molar-refractivity contribution in [2.45, 2.75) is 78.0 Å². The predicted octanol–water partition coefficient (Wildman–Crippen LogP) is 4.79. The third-order valence-corrected chi connectivity index (χ3v) is 20.0. The molecule has 3 fully saturated rings. The lowest BCUT2D eigenvalue weighted by molar-refractivity contribution is 0.141. The van der Waals surface area contributed by atoms with E-state index in [2.05, 4.69) is 140 Å². The molecule has 37 nitrogen and oxygen atoms in total. The highest BCUT2D eigenvalue weighted by atomic mass is 16.5. The number of rotatable bonds is 34. The Labute approximate surface area is 678 Å². The minimum Gasteiger partial charge on any atom is -0.461 e. The number of H-pyrrole nitrogens is 4. The van der Waals surface area contributed by atoms with Crippen molar-refractivity contribution in [3.8, 4) is 24.0 Å². The largest absolute Gasteiger partial charge is 0.461 e. The number of imidazole rings is 4. The lowest BCUT2D eigenvalue weighted by atomic mass is 10.1. The smallest absolute Gasteiger partial charge is 0.328 e. The number of hydrogen-bond acceptors (Lipinski definition) is 28. The first-order chi connectivity index (χ1) is 57.4. The number of anilines is 4. The molecule has 118 heavy (non-hydrogen) atoms. The summed E-state index contributed by atoms with van der Waals surface area (Å²) in [6, 6.07) is 37.4. The van der Waals surface area contributed by atoms with Crippen molar-refractivity contribution >= 4 is 67.9 Å². The Bertz CT molecular complexity index is 5720. The van der Waals surface area contributed by atoms with Gasteiger partial charge in [0.15, 0.2) is 45.9 Å². The second-order valence-corrected chi connectivity index (χ2v) is 29.1. The molecule has 16 rings (SSSR count). The molecule has 13 aromatic rings. The van der Waals surface area contributed by atoms with Gasteiger partial charge in [0.05, 0.1) is 52.6 Å². The van der Waals surface area contributed by atoms with Crippen LogP contribution in [0.3, 0.4) is 0 Å². The van der Waals surface area contributed by atoms with E-state index in [0.717, 1.165) is 106 Å². The van der Waals surface area contributed by atoms with E-state index in [1.54, 1.807) is 42.1 Å². The van der Waals surface area contributed by atoms with E-state index in [0.29, 0.717) is 117 Å². The summed E-state index contributed by atoms with van der Waals surface area (Å²) >= 11 is 0. The topological polar surface area (TPSA) is 459 Å². The maximum Gasteiger partial charge on any atom is 0.328 e. The van der Waals surface area contributed by atoms with Gasteiger partial charge in [0.25, 0.3) is 0 Å². The minimum atomic E-state index is -0.300. The standard InChI is InChI=1S/C21H29N7O3.C20H26N6O3.C20H22N6O3.C20H26N6O3/c1-26-6-8-27(9-7-26)13-15-4-3-5-16(12-15)14-28-19-17(23-21(28)29)18(22)24-20(25-19)31-11-10-30-2;2*1-28-9-10-29-19-23-17(21)16-18(24-19)26(20(27)22-16)13-15-6-4-5-14(11-15)12-25-7-2-3-8-25;1-28-7-8-29-19-24-17(21)16-18(25-19)26(20(27)23-16)12-15-4-2-3-14(9-15)11-22-10-13-5-6-13/h3-5,12H,6-11,13-14H2,1-2H3,(H,23,29)(H2,22,24,25);4-6,11H,2-3,7-10,12-13H2,1H3,(H,22,27)(H2,21,23,24);2-8,11H,9-10,12-13H2,1H3,(H,22,27)(H2,21,23,24);2-4,9,13,22H,5-8,10-12H2,1H3,(H,23,27)(H2,21,24,25). The normalized spacial score (nSPS) is 13.8. The monoisotopic (exact) mass is 1620 g/mol. The van der Waals surface area contributed by atoms with Gasteiger partial charge in [-0.25, -0.2) is 19.2 Å². The second-order valence-electron chi connectivity index (χ2n) is 29.1. The molecule has 37 heteroatoms. The van der Waals surface area contributed by atoms with E-state index in [1.165, 1.54) is 46.9 Å². The summed E-state index contributed by atoms with van der Waals surface area (Å²) in [7, 11) is 8.49. The third-order valence-electron chi connectivity index (χ3n) is 20.0. The van der Waals surface area contributed by atoms with Gasteiger partial charge in [-0.1, -0.05) is 97.1 Å². The van der Waals surface area contributed by atoms with Crippen LogP contribution in [0.1, 0.15) is 70.2 Å². The van der Waals surface area contributed by atoms with Gasteiger partial charge < -0.3 is 95.5 Å². The van der Waals surface area contributed by atoms with Crippen LogP contribution < -0.4 is 70.0 Å². The van der Waals surface area contributed by atoms with E-state index < -0.39 is 0 Å². The maximum atomic E-state index is 12.6. The highest BCUT2D eigenvalue weighted by molar-refractivity contribution is 5.84. The van der Waals surface area contributed by atoms with Crippen molar-refractivity contribution < 1.29 is 37.9 Å². The van der Waals surface area contributed by atoms with Crippen LogP contribution in [-0.4, -0.2) is 231 Å². The molecule has 13 N–H and O–H groups in total. The number of likely N-dealkylation sites (N-methyl/N-ethyl adjacent to an activating group) is 1. The van der Waals surface area contributed by atoms with Crippen molar-refractivity contribution in [3.05, 3.63) is 208 Å². The number of nitrogens with zero attached hydrogens (tertiary/aromatic N) is 16. The van der Waals surface area contributed by atoms with Crippen LogP contribution in [0.5, 0.6) is 24.0 Å². The van der Waals surface area contributed by atoms with E-state index in [1.807, 2.05) is 73.1 Å². The molecule has 9 aromatic heterocycles. The zero-order chi connectivity index (χ0) is 82.4. The van der Waals surface area contributed by atoms with Crippen molar-refractivity contribution in [3.63, 3.8) is 0 Å². The van der Waals surface area contributed by atoms with Crippen LogP contribution in [0, 0.1) is 5.92 Å². The molecular weight excluding hydrogens is 1520 g/mol. The van der Waals surface area contributed by atoms with Crippen molar-refractivity contribution in [2.75, 3.05) is 157 Å². The Hall–Kier alpha value is -12.4. The maximum absolute atomic E-state index is 12.6. The van der Waals surface area contributed by atoms with Crippen molar-refractivity contribution in [1.82, 2.24) is 103 Å². The van der Waals surface area contributed by atoms with Crippen LogP contribution in [-0.2, 0) is 71.3 Å². The van der Waals surface area contributed by atoms with E-state index >= 15 is 0 Å². The zero-order valence-electron chi connectivity index (χ0n) is 67.1. The number of aromatic amines is 4. The van der Waals surface area contributed by atoms with Gasteiger partial charge in [0.2, 0.25) is 0 Å². The Kier molecular flexibility index (Phi) is 28.7. The summed E-state index contributed by atoms with van der Waals surface area (Å²) in [6.45, 7) is 15.4. The lowest BCUT2D eigenvalue weighted by Gasteiger charge is -2.32. The highest BCUT2D eigenvalue weighted by Gasteiger charge is 2.24. The molecule has 2 saturated heterocycles. The molecule has 2 aliphatic heterocycles. The van der Waals surface area contributed by atoms with E-state index in [9.17, 15) is 19.2 Å². The number of piperazine rings is 1. The predicted molar refractivity (Wildman–Crippen MR) is 447 cm³/mol. The summed E-state index contributed by atoms with van der Waals surface area (Å²) in [5.41, 5.74) is 35.0. The summed E-state index contributed by atoms with van der Waals surface area (Å²) in [6.07, 6.45) is 9.22. The van der Waals surface area contributed by atoms with Crippen LogP contribution in [0.15, 0.2) is 141 Å². The first-order valence-corrected chi connectivity index (χ1v) is 39.2. The first kappa shape index (κ1) is 83.6. The minimum absolute atomic E-state index is 0.112. The molecule has 3 aliphatic rings. The molecule has 4 aromatic carbocycles. The van der Waals surface area contributed by atoms with E-state index in [-0.39, 0.29) is 76.7 Å². The summed E-state index contributed by atoms with van der Waals surface area (Å²) < 4.78 is 50.1. The van der Waals surface area contributed by atoms with Crippen molar-refractivity contribution in [2.24, 2.45) is 5.92 Å². The lowest BCUT2D eigenvalue weighted by Crippen LogP contribution is -2.43. The number of fused-ring (bicyclic) bond motifs is 4. The molecule has 0 amide bonds. The van der Waals surface area contributed by atoms with Gasteiger partial charge in [-0.15, -0.1) is 0 Å². The number of nitrogens with one attached hydrogen (secondary N) is 5. The number of aromatic nitrogens is 17. The fourth-order valence-corrected chi connectivity index (χ4v) is 13.8. The zero-order valence-corrected chi connectivity index (χ0v) is 67.1. The van der Waals surface area contributed by atoms with Gasteiger partial charge in [0.1, 0.15) is 48.5 Å². The number of benzene rings is 4. The quantitative estimate of drug-likeness (QED) is 0.0245.